The third-order valence-electron chi connectivity index (χ3n) is 4.21. The lowest BCUT2D eigenvalue weighted by molar-refractivity contribution is -0.118. The van der Waals surface area contributed by atoms with Crippen molar-refractivity contribution >= 4 is 17.6 Å². The van der Waals surface area contributed by atoms with Crippen molar-refractivity contribution in [2.75, 3.05) is 11.4 Å². The van der Waals surface area contributed by atoms with E-state index in [1.54, 1.807) is 24.3 Å². The smallest absolute Gasteiger partial charge is 0.335 e. The van der Waals surface area contributed by atoms with Gasteiger partial charge in [-0.15, -0.1) is 0 Å². The van der Waals surface area contributed by atoms with E-state index in [0.717, 1.165) is 30.6 Å². The number of hydrogen-bond acceptors (Lipinski definition) is 2. The van der Waals surface area contributed by atoms with Crippen molar-refractivity contribution in [1.29, 1.82) is 0 Å². The molecule has 2 aromatic carbocycles. The van der Waals surface area contributed by atoms with Gasteiger partial charge in [0.15, 0.2) is 0 Å². The molecule has 0 fully saturated rings. The first-order valence-electron chi connectivity index (χ1n) is 7.77. The van der Waals surface area contributed by atoms with Crippen molar-refractivity contribution in [2.24, 2.45) is 0 Å². The number of anilines is 1. The Bertz CT molecular complexity index is 750. The van der Waals surface area contributed by atoms with Crippen molar-refractivity contribution in [1.82, 2.24) is 0 Å². The lowest BCUT2D eigenvalue weighted by Crippen LogP contribution is -2.36. The van der Waals surface area contributed by atoms with Gasteiger partial charge in [0, 0.05) is 12.2 Å². The molecule has 0 bridgehead atoms. The van der Waals surface area contributed by atoms with Crippen LogP contribution in [0.2, 0.25) is 0 Å². The Balaban J connectivity index is 1.78. The first-order chi connectivity index (χ1) is 11.0. The average Bonchev–Trinajstić information content (AvgIpc) is 2.54. The molecular weight excluding hydrogens is 290 g/mol. The van der Waals surface area contributed by atoms with Crippen molar-refractivity contribution in [2.45, 2.75) is 26.2 Å². The predicted molar refractivity (Wildman–Crippen MR) is 89.0 cm³/mol. The highest BCUT2D eigenvalue weighted by molar-refractivity contribution is 5.96. The Morgan fingerprint density at radius 2 is 1.87 bits per heavy atom. The molecule has 0 unspecified atom stereocenters. The van der Waals surface area contributed by atoms with Crippen LogP contribution in [0.3, 0.4) is 0 Å². The molecule has 2 aromatic rings. The zero-order valence-corrected chi connectivity index (χ0v) is 13.1. The number of carboxylic acid groups (broad SMARTS) is 1. The standard InChI is InChI=1S/C19H19NO3/c1-13-4-9-17-16(11-13)3-2-10-20(17)18(21)12-14-5-7-15(8-6-14)19(22)23/h4-9,11H,2-3,10,12H2,1H3,(H,22,23). The summed E-state index contributed by atoms with van der Waals surface area (Å²) < 4.78 is 0. The second kappa shape index (κ2) is 6.24. The zero-order valence-electron chi connectivity index (χ0n) is 13.1. The molecule has 1 heterocycles. The Hall–Kier alpha value is -2.62. The number of carbonyl (C=O) groups is 2. The predicted octanol–water partition coefficient (Wildman–Crippen LogP) is 3.22. The number of hydrogen-bond donors (Lipinski definition) is 1. The van der Waals surface area contributed by atoms with Gasteiger partial charge in [0.25, 0.3) is 0 Å². The molecule has 0 aromatic heterocycles. The van der Waals surface area contributed by atoms with E-state index in [1.165, 1.54) is 11.1 Å². The molecule has 4 heteroatoms. The zero-order chi connectivity index (χ0) is 16.4. The molecule has 3 rings (SSSR count). The monoisotopic (exact) mass is 309 g/mol. The highest BCUT2D eigenvalue weighted by Crippen LogP contribution is 2.28. The molecule has 1 N–H and O–H groups in total. The molecular formula is C19H19NO3. The van der Waals surface area contributed by atoms with Gasteiger partial charge >= 0.3 is 5.97 Å². The van der Waals surface area contributed by atoms with Crippen molar-refractivity contribution < 1.29 is 14.7 Å². The van der Waals surface area contributed by atoms with E-state index >= 15 is 0 Å². The van der Waals surface area contributed by atoms with Gasteiger partial charge < -0.3 is 10.0 Å². The maximum Gasteiger partial charge on any atom is 0.335 e. The number of benzene rings is 2. The topological polar surface area (TPSA) is 57.6 Å². The lowest BCUT2D eigenvalue weighted by Gasteiger charge is -2.30. The summed E-state index contributed by atoms with van der Waals surface area (Å²) in [6.45, 7) is 2.80. The van der Waals surface area contributed by atoms with E-state index in [0.29, 0.717) is 0 Å². The number of amides is 1. The number of nitrogens with zero attached hydrogens (tertiary/aromatic N) is 1. The van der Waals surface area contributed by atoms with E-state index in [1.807, 2.05) is 17.0 Å². The van der Waals surface area contributed by atoms with Crippen LogP contribution in [0.15, 0.2) is 42.5 Å². The van der Waals surface area contributed by atoms with Gasteiger partial charge in [-0.3, -0.25) is 4.79 Å². The summed E-state index contributed by atoms with van der Waals surface area (Å²) in [5.41, 5.74) is 4.52. The number of carbonyl (C=O) groups excluding carboxylic acids is 1. The molecule has 0 saturated heterocycles. The van der Waals surface area contributed by atoms with Gasteiger partial charge in [-0.25, -0.2) is 4.79 Å². The number of aromatic carboxylic acids is 1. The van der Waals surface area contributed by atoms with E-state index in [4.69, 9.17) is 5.11 Å². The van der Waals surface area contributed by atoms with Crippen molar-refractivity contribution in [3.8, 4) is 0 Å². The number of rotatable bonds is 3. The Kier molecular flexibility index (Phi) is 4.15. The maximum atomic E-state index is 12.6. The SMILES string of the molecule is Cc1ccc2c(c1)CCCN2C(=O)Cc1ccc(C(=O)O)cc1. The first-order valence-corrected chi connectivity index (χ1v) is 7.77. The summed E-state index contributed by atoms with van der Waals surface area (Å²) in [5.74, 6) is -0.902. The van der Waals surface area contributed by atoms with E-state index in [9.17, 15) is 9.59 Å². The van der Waals surface area contributed by atoms with E-state index in [2.05, 4.69) is 13.0 Å². The number of aryl methyl sites for hydroxylation is 2. The Morgan fingerprint density at radius 3 is 2.57 bits per heavy atom. The average molecular weight is 309 g/mol. The molecule has 118 valence electrons. The fourth-order valence-corrected chi connectivity index (χ4v) is 3.02. The van der Waals surface area contributed by atoms with Gasteiger partial charge in [-0.2, -0.15) is 0 Å². The fraction of sp³-hybridized carbons (Fsp3) is 0.263. The second-order valence-electron chi connectivity index (χ2n) is 5.96. The molecule has 4 nitrogen and oxygen atoms in total. The normalized spacial score (nSPS) is 13.5. The molecule has 0 saturated carbocycles. The first kappa shape index (κ1) is 15.3. The van der Waals surface area contributed by atoms with Crippen LogP contribution in [-0.2, 0) is 17.6 Å². The van der Waals surface area contributed by atoms with Crippen LogP contribution in [-0.4, -0.2) is 23.5 Å². The van der Waals surface area contributed by atoms with Crippen molar-refractivity contribution in [3.05, 3.63) is 64.7 Å². The number of carboxylic acids is 1. The fourth-order valence-electron chi connectivity index (χ4n) is 3.02. The van der Waals surface area contributed by atoms with Crippen LogP contribution in [0.1, 0.15) is 33.5 Å². The third kappa shape index (κ3) is 3.26. The molecule has 1 aliphatic rings. The second-order valence-corrected chi connectivity index (χ2v) is 5.96. The molecule has 1 amide bonds. The summed E-state index contributed by atoms with van der Waals surface area (Å²) in [5, 5.41) is 8.92. The lowest BCUT2D eigenvalue weighted by atomic mass is 9.98. The molecule has 23 heavy (non-hydrogen) atoms. The summed E-state index contributed by atoms with van der Waals surface area (Å²) in [6.07, 6.45) is 2.27. The van der Waals surface area contributed by atoms with E-state index in [-0.39, 0.29) is 17.9 Å². The maximum absolute atomic E-state index is 12.6. The van der Waals surface area contributed by atoms with Gasteiger partial charge in [0.05, 0.1) is 12.0 Å². The minimum Gasteiger partial charge on any atom is -0.478 e. The minimum absolute atomic E-state index is 0.0536. The Morgan fingerprint density at radius 1 is 1.13 bits per heavy atom. The largest absolute Gasteiger partial charge is 0.478 e. The van der Waals surface area contributed by atoms with E-state index < -0.39 is 5.97 Å². The summed E-state index contributed by atoms with van der Waals surface area (Å²) >= 11 is 0. The third-order valence-corrected chi connectivity index (χ3v) is 4.21. The van der Waals surface area contributed by atoms with Crippen LogP contribution in [0.5, 0.6) is 0 Å². The van der Waals surface area contributed by atoms with Crippen LogP contribution in [0.4, 0.5) is 5.69 Å². The summed E-state index contributed by atoms with van der Waals surface area (Å²) in [7, 11) is 0. The molecule has 0 radical (unpaired) electrons. The van der Waals surface area contributed by atoms with Gasteiger partial charge in [-0.05, 0) is 49.1 Å². The molecule has 0 spiro atoms. The van der Waals surface area contributed by atoms with Crippen LogP contribution < -0.4 is 4.90 Å². The number of fused-ring (bicyclic) bond motifs is 1. The van der Waals surface area contributed by atoms with Crippen molar-refractivity contribution in [3.63, 3.8) is 0 Å². The highest BCUT2D eigenvalue weighted by Gasteiger charge is 2.22. The van der Waals surface area contributed by atoms with Crippen LogP contribution in [0.25, 0.3) is 0 Å². The summed E-state index contributed by atoms with van der Waals surface area (Å²) in [4.78, 5) is 25.4. The molecule has 0 aliphatic carbocycles. The molecule has 1 aliphatic heterocycles. The quantitative estimate of drug-likeness (QED) is 0.947. The minimum atomic E-state index is -0.955. The van der Waals surface area contributed by atoms with Gasteiger partial charge in [0.2, 0.25) is 5.91 Å². The van der Waals surface area contributed by atoms with Crippen LogP contribution in [0, 0.1) is 6.92 Å². The van der Waals surface area contributed by atoms with Crippen LogP contribution >= 0.6 is 0 Å². The molecule has 0 atom stereocenters. The summed E-state index contributed by atoms with van der Waals surface area (Å²) in [6, 6.07) is 12.7. The highest BCUT2D eigenvalue weighted by atomic mass is 16.4. The van der Waals surface area contributed by atoms with Gasteiger partial charge in [0.1, 0.15) is 0 Å². The van der Waals surface area contributed by atoms with Gasteiger partial charge in [-0.1, -0.05) is 29.8 Å². The Labute approximate surface area is 135 Å².